The highest BCUT2D eigenvalue weighted by molar-refractivity contribution is 6.34. The maximum atomic E-state index is 12.3. The zero-order valence-corrected chi connectivity index (χ0v) is 10.6. The minimum atomic E-state index is -0.193. The molecule has 0 fully saturated rings. The molecule has 0 N–H and O–H groups in total. The summed E-state index contributed by atoms with van der Waals surface area (Å²) in [6, 6.07) is 3.40. The van der Waals surface area contributed by atoms with E-state index in [1.165, 1.54) is 12.4 Å². The molecular formula is C12H12ClN3O2. The molecule has 0 amide bonds. The predicted molar refractivity (Wildman–Crippen MR) is 66.8 cm³/mol. The first kappa shape index (κ1) is 12.7. The Balaban J connectivity index is 2.32. The Hall–Kier alpha value is -1.72. The van der Waals surface area contributed by atoms with Gasteiger partial charge in [-0.2, -0.15) is 5.10 Å². The molecule has 0 bridgehead atoms. The van der Waals surface area contributed by atoms with E-state index in [2.05, 4.69) is 10.1 Å². The fraction of sp³-hybridized carbons (Fsp3) is 0.250. The van der Waals surface area contributed by atoms with E-state index in [9.17, 15) is 4.79 Å². The lowest BCUT2D eigenvalue weighted by Crippen LogP contribution is -2.14. The fourth-order valence-corrected chi connectivity index (χ4v) is 1.80. The number of hydrogen-bond donors (Lipinski definition) is 0. The number of hydrogen-bond acceptors (Lipinski definition) is 4. The molecule has 18 heavy (non-hydrogen) atoms. The number of carbonyl (C=O) groups excluding carboxylic acids is 1. The fourth-order valence-electron chi connectivity index (χ4n) is 1.57. The van der Waals surface area contributed by atoms with Crippen LogP contribution in [0.2, 0.25) is 5.02 Å². The highest BCUT2D eigenvalue weighted by Gasteiger charge is 2.19. The molecule has 94 valence electrons. The number of pyridine rings is 1. The van der Waals surface area contributed by atoms with Crippen molar-refractivity contribution in [2.24, 2.45) is 0 Å². The summed E-state index contributed by atoms with van der Waals surface area (Å²) >= 11 is 6.00. The van der Waals surface area contributed by atoms with Crippen molar-refractivity contribution in [3.05, 3.63) is 47.0 Å². The van der Waals surface area contributed by atoms with Gasteiger partial charge in [-0.3, -0.25) is 14.5 Å². The third kappa shape index (κ3) is 2.57. The van der Waals surface area contributed by atoms with Crippen LogP contribution < -0.4 is 0 Å². The molecule has 0 aliphatic rings. The van der Waals surface area contributed by atoms with Crippen molar-refractivity contribution >= 4 is 17.4 Å². The molecule has 2 heterocycles. The number of aromatic nitrogens is 3. The van der Waals surface area contributed by atoms with E-state index in [1.807, 2.05) is 0 Å². The summed E-state index contributed by atoms with van der Waals surface area (Å²) in [7, 11) is 1.59. The predicted octanol–water partition coefficient (Wildman–Crippen LogP) is 1.81. The zero-order valence-electron chi connectivity index (χ0n) is 9.84. The van der Waals surface area contributed by atoms with E-state index in [4.69, 9.17) is 16.3 Å². The quantitative estimate of drug-likeness (QED) is 0.774. The van der Waals surface area contributed by atoms with Crippen LogP contribution in [0.15, 0.2) is 30.7 Å². The van der Waals surface area contributed by atoms with Gasteiger partial charge < -0.3 is 4.74 Å². The monoisotopic (exact) mass is 265 g/mol. The van der Waals surface area contributed by atoms with Crippen LogP contribution in [0.25, 0.3) is 0 Å². The van der Waals surface area contributed by atoms with Crippen LogP contribution >= 0.6 is 11.6 Å². The third-order valence-electron chi connectivity index (χ3n) is 2.44. The molecule has 0 saturated heterocycles. The Bertz CT molecular complexity index is 540. The largest absolute Gasteiger partial charge is 0.383 e. The van der Waals surface area contributed by atoms with E-state index < -0.39 is 0 Å². The Morgan fingerprint density at radius 1 is 1.50 bits per heavy atom. The number of rotatable bonds is 5. The summed E-state index contributed by atoms with van der Waals surface area (Å²) in [4.78, 5) is 16.2. The minimum Gasteiger partial charge on any atom is -0.383 e. The van der Waals surface area contributed by atoms with E-state index in [1.54, 1.807) is 30.1 Å². The molecular weight excluding hydrogens is 254 g/mol. The average molecular weight is 266 g/mol. The van der Waals surface area contributed by atoms with Crippen molar-refractivity contribution < 1.29 is 9.53 Å². The van der Waals surface area contributed by atoms with Crippen LogP contribution in [-0.2, 0) is 11.3 Å². The van der Waals surface area contributed by atoms with Crippen molar-refractivity contribution in [2.75, 3.05) is 13.7 Å². The molecule has 0 atom stereocenters. The highest BCUT2D eigenvalue weighted by Crippen LogP contribution is 2.18. The molecule has 2 aromatic rings. The lowest BCUT2D eigenvalue weighted by Gasteiger charge is -2.06. The normalized spacial score (nSPS) is 10.6. The van der Waals surface area contributed by atoms with Gasteiger partial charge in [0, 0.05) is 25.1 Å². The Kier molecular flexibility index (Phi) is 4.07. The standard InChI is InChI=1S/C12H12ClN3O2/c1-18-6-5-16-11(10(13)8-15-16)12(17)9-3-2-4-14-7-9/h2-4,7-8H,5-6H2,1H3. The maximum absolute atomic E-state index is 12.3. The molecule has 0 unspecified atom stereocenters. The van der Waals surface area contributed by atoms with Gasteiger partial charge in [0.25, 0.3) is 0 Å². The first-order chi connectivity index (χ1) is 8.74. The van der Waals surface area contributed by atoms with Gasteiger partial charge in [-0.15, -0.1) is 0 Å². The van der Waals surface area contributed by atoms with Crippen LogP contribution in [0.5, 0.6) is 0 Å². The second-order valence-corrected chi connectivity index (χ2v) is 4.04. The van der Waals surface area contributed by atoms with E-state index in [-0.39, 0.29) is 5.78 Å². The second-order valence-electron chi connectivity index (χ2n) is 3.63. The molecule has 2 rings (SSSR count). The van der Waals surface area contributed by atoms with Crippen LogP contribution in [0.1, 0.15) is 16.1 Å². The summed E-state index contributed by atoms with van der Waals surface area (Å²) in [6.07, 6.45) is 4.58. The topological polar surface area (TPSA) is 57.0 Å². The Morgan fingerprint density at radius 3 is 3.00 bits per heavy atom. The number of carbonyl (C=O) groups is 1. The summed E-state index contributed by atoms with van der Waals surface area (Å²) < 4.78 is 6.51. The molecule has 0 saturated carbocycles. The van der Waals surface area contributed by atoms with Crippen molar-refractivity contribution in [2.45, 2.75) is 6.54 Å². The maximum Gasteiger partial charge on any atom is 0.214 e. The van der Waals surface area contributed by atoms with Gasteiger partial charge in [-0.05, 0) is 12.1 Å². The van der Waals surface area contributed by atoms with Gasteiger partial charge >= 0.3 is 0 Å². The van der Waals surface area contributed by atoms with Crippen molar-refractivity contribution in [3.8, 4) is 0 Å². The van der Waals surface area contributed by atoms with Crippen molar-refractivity contribution in [1.29, 1.82) is 0 Å². The highest BCUT2D eigenvalue weighted by atomic mass is 35.5. The summed E-state index contributed by atoms with van der Waals surface area (Å²) in [5.74, 6) is -0.193. The van der Waals surface area contributed by atoms with E-state index in [0.29, 0.717) is 29.4 Å². The summed E-state index contributed by atoms with van der Waals surface area (Å²) in [6.45, 7) is 0.940. The SMILES string of the molecule is COCCn1ncc(Cl)c1C(=O)c1cccnc1. The van der Waals surface area contributed by atoms with E-state index >= 15 is 0 Å². The number of ether oxygens (including phenoxy) is 1. The van der Waals surface area contributed by atoms with Gasteiger partial charge in [0.15, 0.2) is 0 Å². The number of halogens is 1. The number of ketones is 1. The Labute approximate surface area is 109 Å². The minimum absolute atomic E-state index is 0.193. The molecule has 6 heteroatoms. The molecule has 0 radical (unpaired) electrons. The summed E-state index contributed by atoms with van der Waals surface area (Å²) in [5, 5.41) is 4.40. The average Bonchev–Trinajstić information content (AvgIpc) is 2.77. The molecule has 0 aliphatic heterocycles. The third-order valence-corrected chi connectivity index (χ3v) is 2.72. The molecule has 0 spiro atoms. The summed E-state index contributed by atoms with van der Waals surface area (Å²) in [5.41, 5.74) is 0.847. The first-order valence-electron chi connectivity index (χ1n) is 5.39. The van der Waals surface area contributed by atoms with Gasteiger partial charge in [-0.1, -0.05) is 11.6 Å². The lowest BCUT2D eigenvalue weighted by atomic mass is 10.1. The molecule has 0 aromatic carbocycles. The van der Waals surface area contributed by atoms with Gasteiger partial charge in [0.05, 0.1) is 24.4 Å². The van der Waals surface area contributed by atoms with Gasteiger partial charge in [0.2, 0.25) is 5.78 Å². The van der Waals surface area contributed by atoms with Crippen LogP contribution in [0.4, 0.5) is 0 Å². The number of methoxy groups -OCH3 is 1. The number of nitrogens with zero attached hydrogens (tertiary/aromatic N) is 3. The first-order valence-corrected chi connectivity index (χ1v) is 5.77. The molecule has 2 aromatic heterocycles. The van der Waals surface area contributed by atoms with Crippen LogP contribution in [0.3, 0.4) is 0 Å². The molecule has 5 nitrogen and oxygen atoms in total. The van der Waals surface area contributed by atoms with Crippen molar-refractivity contribution in [1.82, 2.24) is 14.8 Å². The Morgan fingerprint density at radius 2 is 2.33 bits per heavy atom. The molecule has 0 aliphatic carbocycles. The van der Waals surface area contributed by atoms with Gasteiger partial charge in [0.1, 0.15) is 5.69 Å². The van der Waals surface area contributed by atoms with Gasteiger partial charge in [-0.25, -0.2) is 0 Å². The van der Waals surface area contributed by atoms with Crippen LogP contribution in [-0.4, -0.2) is 34.3 Å². The second kappa shape index (κ2) is 5.75. The lowest BCUT2D eigenvalue weighted by molar-refractivity contribution is 0.102. The smallest absolute Gasteiger partial charge is 0.214 e. The van der Waals surface area contributed by atoms with E-state index in [0.717, 1.165) is 0 Å². The zero-order chi connectivity index (χ0) is 13.0. The van der Waals surface area contributed by atoms with Crippen LogP contribution in [0, 0.1) is 0 Å². The van der Waals surface area contributed by atoms with Crippen molar-refractivity contribution in [3.63, 3.8) is 0 Å².